The number of rotatable bonds is 7. The van der Waals surface area contributed by atoms with Crippen molar-refractivity contribution >= 4 is 8.32 Å². The van der Waals surface area contributed by atoms with Crippen LogP contribution in [0.15, 0.2) is 47.7 Å². The van der Waals surface area contributed by atoms with Gasteiger partial charge in [-0.25, -0.2) is 0 Å². The van der Waals surface area contributed by atoms with Crippen LogP contribution in [0.5, 0.6) is 0 Å². The highest BCUT2D eigenvalue weighted by atomic mass is 28.4. The summed E-state index contributed by atoms with van der Waals surface area (Å²) < 4.78 is 6.65. The van der Waals surface area contributed by atoms with Crippen LogP contribution >= 0.6 is 0 Å². The highest BCUT2D eigenvalue weighted by molar-refractivity contribution is 6.74. The predicted molar refractivity (Wildman–Crippen MR) is 104 cm³/mol. The summed E-state index contributed by atoms with van der Waals surface area (Å²) in [5.74, 6) is 0. The van der Waals surface area contributed by atoms with E-state index in [1.165, 1.54) is 24.0 Å². The first-order valence-corrected chi connectivity index (χ1v) is 11.7. The van der Waals surface area contributed by atoms with E-state index in [2.05, 4.69) is 89.9 Å². The third-order valence-corrected chi connectivity index (χ3v) is 9.20. The lowest BCUT2D eigenvalue weighted by molar-refractivity contribution is 0.229. The van der Waals surface area contributed by atoms with Gasteiger partial charge in [-0.3, -0.25) is 0 Å². The van der Waals surface area contributed by atoms with E-state index in [0.29, 0.717) is 0 Å². The van der Waals surface area contributed by atoms with E-state index in [0.717, 1.165) is 6.42 Å². The Kier molecular flexibility index (Phi) is 7.53. The monoisotopic (exact) mass is 330 g/mol. The molecule has 1 aromatic rings. The van der Waals surface area contributed by atoms with Crippen molar-refractivity contribution < 1.29 is 4.43 Å². The minimum absolute atomic E-state index is 0.00586. The van der Waals surface area contributed by atoms with Crippen LogP contribution in [-0.4, -0.2) is 8.32 Å². The molecule has 0 amide bonds. The molecule has 0 bridgehead atoms. The summed E-state index contributed by atoms with van der Waals surface area (Å²) in [5, 5.41) is 0.203. The van der Waals surface area contributed by atoms with Crippen molar-refractivity contribution in [3.63, 3.8) is 0 Å². The fourth-order valence-electron chi connectivity index (χ4n) is 2.07. The van der Waals surface area contributed by atoms with Crippen LogP contribution in [0.3, 0.4) is 0 Å². The Morgan fingerprint density at radius 3 is 2.35 bits per heavy atom. The van der Waals surface area contributed by atoms with Crippen molar-refractivity contribution in [2.75, 3.05) is 0 Å². The van der Waals surface area contributed by atoms with Gasteiger partial charge < -0.3 is 4.43 Å². The number of hydrogen-bond donors (Lipinski definition) is 0. The van der Waals surface area contributed by atoms with E-state index < -0.39 is 8.32 Å². The van der Waals surface area contributed by atoms with Crippen molar-refractivity contribution in [1.82, 2.24) is 0 Å². The van der Waals surface area contributed by atoms with Crippen molar-refractivity contribution in [2.45, 2.75) is 78.1 Å². The summed E-state index contributed by atoms with van der Waals surface area (Å²) in [6.07, 6.45) is 5.69. The largest absolute Gasteiger partial charge is 0.406 e. The van der Waals surface area contributed by atoms with E-state index in [9.17, 15) is 0 Å². The Bertz CT molecular complexity index is 531. The number of benzene rings is 1. The minimum Gasteiger partial charge on any atom is -0.406 e. The van der Waals surface area contributed by atoms with Gasteiger partial charge in [0.15, 0.2) is 8.32 Å². The van der Waals surface area contributed by atoms with Gasteiger partial charge in [0, 0.05) is 0 Å². The van der Waals surface area contributed by atoms with E-state index in [1.54, 1.807) is 0 Å². The molecular weight excluding hydrogens is 296 g/mol. The summed E-state index contributed by atoms with van der Waals surface area (Å²) in [5.41, 5.74) is 6.01. The summed E-state index contributed by atoms with van der Waals surface area (Å²) in [4.78, 5) is 0. The zero-order valence-electron chi connectivity index (χ0n) is 16.1. The van der Waals surface area contributed by atoms with Crippen LogP contribution in [-0.2, 0) is 4.43 Å². The molecule has 0 spiro atoms. The Hall–Kier alpha value is -1.08. The van der Waals surface area contributed by atoms with Crippen molar-refractivity contribution in [2.24, 2.45) is 0 Å². The Morgan fingerprint density at radius 1 is 1.22 bits per heavy atom. The predicted octanol–water partition coefficient (Wildman–Crippen LogP) is 7.04. The van der Waals surface area contributed by atoms with Crippen molar-refractivity contribution in [1.29, 1.82) is 0 Å². The first-order valence-electron chi connectivity index (χ1n) is 8.82. The molecule has 1 aromatic carbocycles. The minimum atomic E-state index is -1.83. The molecule has 0 fully saturated rings. The lowest BCUT2D eigenvalue weighted by Crippen LogP contribution is -2.41. The fourth-order valence-corrected chi connectivity index (χ4v) is 3.26. The molecule has 23 heavy (non-hydrogen) atoms. The van der Waals surface area contributed by atoms with E-state index >= 15 is 0 Å². The first kappa shape index (κ1) is 20.0. The molecule has 0 radical (unpaired) electrons. The van der Waals surface area contributed by atoms with Gasteiger partial charge in [-0.1, -0.05) is 64.4 Å². The molecule has 0 N–H and O–H groups in total. The molecule has 1 nitrogen and oxygen atoms in total. The third-order valence-electron chi connectivity index (χ3n) is 4.74. The average Bonchev–Trinajstić information content (AvgIpc) is 2.49. The van der Waals surface area contributed by atoms with Gasteiger partial charge in [0.1, 0.15) is 0 Å². The summed E-state index contributed by atoms with van der Waals surface area (Å²) in [6.45, 7) is 15.9. The molecule has 0 saturated heterocycles. The Labute approximate surface area is 144 Å². The maximum absolute atomic E-state index is 6.65. The summed E-state index contributed by atoms with van der Waals surface area (Å²) in [7, 11) is -1.83. The zero-order chi connectivity index (χ0) is 17.5. The third kappa shape index (κ3) is 6.51. The molecule has 0 aromatic heterocycles. The molecule has 0 aliphatic heterocycles. The normalized spacial score (nSPS) is 13.3. The highest BCUT2D eigenvalue weighted by Crippen LogP contribution is 2.40. The van der Waals surface area contributed by atoms with Gasteiger partial charge in [0.25, 0.3) is 0 Å². The maximum Gasteiger partial charge on any atom is 0.193 e. The smallest absolute Gasteiger partial charge is 0.193 e. The second-order valence-corrected chi connectivity index (χ2v) is 12.7. The van der Waals surface area contributed by atoms with Crippen molar-refractivity contribution in [3.05, 3.63) is 53.3 Å². The number of unbranched alkanes of at least 4 members (excludes halogenated alkanes) is 1. The molecule has 0 saturated carbocycles. The van der Waals surface area contributed by atoms with Crippen LogP contribution in [0, 0.1) is 0 Å². The van der Waals surface area contributed by atoms with E-state index in [-0.39, 0.29) is 11.1 Å². The fraction of sp³-hybridized carbons (Fsp3) is 0.571. The molecule has 128 valence electrons. The van der Waals surface area contributed by atoms with E-state index in [4.69, 9.17) is 4.43 Å². The van der Waals surface area contributed by atoms with Gasteiger partial charge in [0.2, 0.25) is 0 Å². The topological polar surface area (TPSA) is 9.23 Å². The lowest BCUT2D eigenvalue weighted by Gasteiger charge is -2.38. The molecule has 0 aliphatic rings. The zero-order valence-corrected chi connectivity index (χ0v) is 17.1. The number of hydrogen-bond acceptors (Lipinski definition) is 1. The van der Waals surface area contributed by atoms with Gasteiger partial charge in [-0.15, -0.1) is 5.73 Å². The van der Waals surface area contributed by atoms with Crippen molar-refractivity contribution in [3.8, 4) is 0 Å². The highest BCUT2D eigenvalue weighted by Gasteiger charge is 2.39. The van der Waals surface area contributed by atoms with Crippen LogP contribution in [0.25, 0.3) is 0 Å². The second-order valence-electron chi connectivity index (χ2n) is 7.90. The van der Waals surface area contributed by atoms with Crippen LogP contribution < -0.4 is 0 Å². The lowest BCUT2D eigenvalue weighted by atomic mass is 10.1. The SMILES string of the molecule is CCCCC(C)=C=C[C@H](O[Si](C)(C)C(C)(C)C)c1ccccc1. The van der Waals surface area contributed by atoms with Gasteiger partial charge in [-0.05, 0) is 55.1 Å². The first-order chi connectivity index (χ1) is 10.7. The molecule has 0 aliphatic carbocycles. The molecule has 1 atom stereocenters. The van der Waals surface area contributed by atoms with Gasteiger partial charge in [-0.2, -0.15) is 0 Å². The Morgan fingerprint density at radius 2 is 1.83 bits per heavy atom. The summed E-state index contributed by atoms with van der Waals surface area (Å²) >= 11 is 0. The molecule has 2 heteroatoms. The summed E-state index contributed by atoms with van der Waals surface area (Å²) in [6, 6.07) is 10.5. The van der Waals surface area contributed by atoms with Gasteiger partial charge >= 0.3 is 0 Å². The maximum atomic E-state index is 6.65. The molecule has 1 rings (SSSR count). The molecule has 0 unspecified atom stereocenters. The van der Waals surface area contributed by atoms with Crippen LogP contribution in [0.4, 0.5) is 0 Å². The second kappa shape index (κ2) is 8.68. The van der Waals surface area contributed by atoms with Crippen LogP contribution in [0.1, 0.15) is 65.5 Å². The average molecular weight is 331 g/mol. The Balaban J connectivity index is 3.07. The van der Waals surface area contributed by atoms with E-state index in [1.807, 2.05) is 0 Å². The molecular formula is C21H34OSi. The standard InChI is InChI=1S/C21H34OSi/c1-8-9-13-18(2)16-17-20(19-14-11-10-12-15-19)22-23(6,7)21(3,4)5/h10-12,14-15,17,20H,8-9,13H2,1-7H3/t16?,20-/m0/s1. The molecule has 0 heterocycles. The van der Waals surface area contributed by atoms with Gasteiger partial charge in [0.05, 0.1) is 6.10 Å². The van der Waals surface area contributed by atoms with Crippen LogP contribution in [0.2, 0.25) is 18.1 Å². The quantitative estimate of drug-likeness (QED) is 0.385.